The van der Waals surface area contributed by atoms with E-state index in [0.29, 0.717) is 34.2 Å². The predicted molar refractivity (Wildman–Crippen MR) is 141 cm³/mol. The highest BCUT2D eigenvalue weighted by Crippen LogP contribution is 2.40. The van der Waals surface area contributed by atoms with Crippen LogP contribution in [0.25, 0.3) is 6.08 Å². The van der Waals surface area contributed by atoms with Gasteiger partial charge < -0.3 is 9.47 Å². The first-order valence-electron chi connectivity index (χ1n) is 11.7. The lowest BCUT2D eigenvalue weighted by Gasteiger charge is -2.35. The average Bonchev–Trinajstić information content (AvgIpc) is 3.11. The minimum atomic E-state index is -3.86. The largest absolute Gasteiger partial charge is 0.493 e. The Morgan fingerprint density at radius 2 is 1.67 bits per heavy atom. The van der Waals surface area contributed by atoms with Crippen molar-refractivity contribution in [1.82, 2.24) is 4.90 Å². The number of carbonyl (C=O) groups excluding carboxylic acids is 2. The van der Waals surface area contributed by atoms with Crippen molar-refractivity contribution in [2.24, 2.45) is 5.41 Å². The number of imide groups is 1. The van der Waals surface area contributed by atoms with E-state index in [2.05, 4.69) is 11.6 Å². The van der Waals surface area contributed by atoms with Gasteiger partial charge in [0.25, 0.3) is 21.2 Å². The van der Waals surface area contributed by atoms with Gasteiger partial charge in [0.1, 0.15) is 0 Å². The Balaban J connectivity index is 1.45. The van der Waals surface area contributed by atoms with Crippen LogP contribution in [-0.2, 0) is 14.8 Å². The van der Waals surface area contributed by atoms with E-state index in [4.69, 9.17) is 9.47 Å². The number of benzene rings is 2. The molecular formula is C26H30N2O6S2. The Morgan fingerprint density at radius 1 is 1.00 bits per heavy atom. The van der Waals surface area contributed by atoms with E-state index in [9.17, 15) is 18.0 Å². The molecule has 0 atom stereocenters. The van der Waals surface area contributed by atoms with Crippen LogP contribution >= 0.6 is 11.8 Å². The third-order valence-corrected chi connectivity index (χ3v) is 8.89. The summed E-state index contributed by atoms with van der Waals surface area (Å²) in [6.45, 7) is 2.60. The fourth-order valence-electron chi connectivity index (χ4n) is 4.58. The standard InChI is InChI=1S/C26H30N2O6S2/c1-26(13-5-4-6-14-26)17-28-24(29)23(35-25(28)30)15-18-7-9-19(10-8-18)27-36(31,32)20-11-12-21(33-2)22(16-20)34-3/h7-12,15-16,27H,4-6,13-14,17H2,1-3H3. The first-order chi connectivity index (χ1) is 17.1. The van der Waals surface area contributed by atoms with Crippen LogP contribution in [0.4, 0.5) is 10.5 Å². The van der Waals surface area contributed by atoms with Gasteiger partial charge in [-0.05, 0) is 65.9 Å². The van der Waals surface area contributed by atoms with Crippen molar-refractivity contribution in [3.05, 3.63) is 52.9 Å². The van der Waals surface area contributed by atoms with Gasteiger partial charge in [-0.2, -0.15) is 0 Å². The second kappa shape index (κ2) is 10.6. The van der Waals surface area contributed by atoms with Crippen LogP contribution in [0.3, 0.4) is 0 Å². The molecule has 2 aromatic rings. The first kappa shape index (κ1) is 26.1. The molecule has 1 aliphatic heterocycles. The molecular weight excluding hydrogens is 500 g/mol. The first-order valence-corrected chi connectivity index (χ1v) is 14.0. The number of hydrogen-bond acceptors (Lipinski definition) is 7. The Morgan fingerprint density at radius 3 is 2.31 bits per heavy atom. The van der Waals surface area contributed by atoms with Crippen LogP contribution in [0, 0.1) is 5.41 Å². The van der Waals surface area contributed by atoms with Crippen LogP contribution in [-0.4, -0.2) is 45.2 Å². The lowest BCUT2D eigenvalue weighted by Crippen LogP contribution is -2.39. The number of nitrogens with one attached hydrogen (secondary N) is 1. The molecule has 2 fully saturated rings. The van der Waals surface area contributed by atoms with Gasteiger partial charge in [0.05, 0.1) is 24.0 Å². The van der Waals surface area contributed by atoms with E-state index in [-0.39, 0.29) is 21.5 Å². The van der Waals surface area contributed by atoms with Gasteiger partial charge in [0.2, 0.25) is 0 Å². The summed E-state index contributed by atoms with van der Waals surface area (Å²) in [7, 11) is -0.949. The van der Waals surface area contributed by atoms with Crippen LogP contribution in [0.2, 0.25) is 0 Å². The molecule has 2 aromatic carbocycles. The van der Waals surface area contributed by atoms with Gasteiger partial charge in [-0.1, -0.05) is 38.3 Å². The third kappa shape index (κ3) is 5.70. The maximum atomic E-state index is 13.0. The molecule has 0 radical (unpaired) electrons. The summed E-state index contributed by atoms with van der Waals surface area (Å²) in [4.78, 5) is 27.3. The molecule has 1 saturated heterocycles. The molecule has 4 rings (SSSR count). The Kier molecular flexibility index (Phi) is 7.65. The zero-order chi connectivity index (χ0) is 25.9. The summed E-state index contributed by atoms with van der Waals surface area (Å²) in [6, 6.07) is 11.0. The highest BCUT2D eigenvalue weighted by atomic mass is 32.2. The lowest BCUT2D eigenvalue weighted by molar-refractivity contribution is -0.124. The van der Waals surface area contributed by atoms with Gasteiger partial charge in [0.15, 0.2) is 11.5 Å². The number of ether oxygens (including phenoxy) is 2. The number of thioether (sulfide) groups is 1. The van der Waals surface area contributed by atoms with E-state index in [0.717, 1.165) is 37.4 Å². The van der Waals surface area contributed by atoms with E-state index < -0.39 is 10.0 Å². The maximum Gasteiger partial charge on any atom is 0.293 e. The van der Waals surface area contributed by atoms with Crippen molar-refractivity contribution in [3.63, 3.8) is 0 Å². The molecule has 0 spiro atoms. The van der Waals surface area contributed by atoms with Crippen molar-refractivity contribution in [3.8, 4) is 11.5 Å². The number of hydrogen-bond donors (Lipinski definition) is 1. The number of nitrogens with zero attached hydrogens (tertiary/aromatic N) is 1. The lowest BCUT2D eigenvalue weighted by atomic mass is 9.75. The van der Waals surface area contributed by atoms with Crippen LogP contribution in [0.1, 0.15) is 44.6 Å². The van der Waals surface area contributed by atoms with Crippen LogP contribution in [0.5, 0.6) is 11.5 Å². The zero-order valence-corrected chi connectivity index (χ0v) is 22.2. The summed E-state index contributed by atoms with van der Waals surface area (Å²) in [5.41, 5.74) is 1.03. The number of anilines is 1. The van der Waals surface area contributed by atoms with Crippen molar-refractivity contribution >= 4 is 44.7 Å². The summed E-state index contributed by atoms with van der Waals surface area (Å²) in [5, 5.41) is -0.239. The Bertz CT molecular complexity index is 1280. The molecule has 2 aliphatic rings. The summed E-state index contributed by atoms with van der Waals surface area (Å²) >= 11 is 0.947. The average molecular weight is 531 g/mol. The zero-order valence-electron chi connectivity index (χ0n) is 20.6. The molecule has 8 nitrogen and oxygen atoms in total. The van der Waals surface area contributed by atoms with E-state index in [1.807, 2.05) is 0 Å². The van der Waals surface area contributed by atoms with Crippen LogP contribution < -0.4 is 14.2 Å². The van der Waals surface area contributed by atoms with E-state index in [1.54, 1.807) is 30.3 Å². The van der Waals surface area contributed by atoms with Gasteiger partial charge in [-0.3, -0.25) is 19.2 Å². The number of amides is 2. The molecule has 1 aliphatic carbocycles. The third-order valence-electron chi connectivity index (χ3n) is 6.60. The van der Waals surface area contributed by atoms with Gasteiger partial charge in [-0.25, -0.2) is 8.42 Å². The molecule has 36 heavy (non-hydrogen) atoms. The fourth-order valence-corrected chi connectivity index (χ4v) is 6.49. The van der Waals surface area contributed by atoms with Crippen molar-refractivity contribution in [2.75, 3.05) is 25.5 Å². The number of methoxy groups -OCH3 is 2. The summed E-state index contributed by atoms with van der Waals surface area (Å²) < 4.78 is 38.5. The second-order valence-electron chi connectivity index (χ2n) is 9.38. The predicted octanol–water partition coefficient (Wildman–Crippen LogP) is 5.51. The van der Waals surface area contributed by atoms with Gasteiger partial charge >= 0.3 is 0 Å². The summed E-state index contributed by atoms with van der Waals surface area (Å²) in [5.74, 6) is 0.468. The fraction of sp³-hybridized carbons (Fsp3) is 0.385. The maximum absolute atomic E-state index is 13.0. The molecule has 0 bridgehead atoms. The smallest absolute Gasteiger partial charge is 0.293 e. The van der Waals surface area contributed by atoms with E-state index >= 15 is 0 Å². The van der Waals surface area contributed by atoms with Crippen molar-refractivity contribution in [1.29, 1.82) is 0 Å². The normalized spacial score (nSPS) is 19.0. The quantitative estimate of drug-likeness (QED) is 0.449. The molecule has 1 saturated carbocycles. The number of carbonyl (C=O) groups is 2. The van der Waals surface area contributed by atoms with Crippen LogP contribution in [0.15, 0.2) is 52.3 Å². The minimum Gasteiger partial charge on any atom is -0.493 e. The Labute approximate surface area is 216 Å². The second-order valence-corrected chi connectivity index (χ2v) is 12.1. The summed E-state index contributed by atoms with van der Waals surface area (Å²) in [6.07, 6.45) is 7.18. The monoisotopic (exact) mass is 530 g/mol. The topological polar surface area (TPSA) is 102 Å². The Hall–Kier alpha value is -2.98. The number of sulfonamides is 1. The molecule has 2 amide bonds. The number of rotatable bonds is 8. The van der Waals surface area contributed by atoms with Gasteiger partial charge in [-0.15, -0.1) is 0 Å². The molecule has 192 valence electrons. The van der Waals surface area contributed by atoms with Crippen molar-refractivity contribution < 1.29 is 27.5 Å². The minimum absolute atomic E-state index is 0.0215. The molecule has 0 unspecified atom stereocenters. The molecule has 1 heterocycles. The highest BCUT2D eigenvalue weighted by Gasteiger charge is 2.40. The highest BCUT2D eigenvalue weighted by molar-refractivity contribution is 8.18. The molecule has 10 heteroatoms. The van der Waals surface area contributed by atoms with E-state index in [1.165, 1.54) is 43.7 Å². The van der Waals surface area contributed by atoms with Gasteiger partial charge in [0, 0.05) is 18.3 Å². The SMILES string of the molecule is COc1ccc(S(=O)(=O)Nc2ccc(C=C3SC(=O)N(CC4(C)CCCCC4)C3=O)cc2)cc1OC. The molecule has 1 N–H and O–H groups in total. The van der Waals surface area contributed by atoms with Crippen molar-refractivity contribution in [2.45, 2.75) is 43.9 Å². The molecule has 0 aromatic heterocycles.